The number of amides is 1. The van der Waals surface area contributed by atoms with Crippen molar-refractivity contribution in [2.75, 3.05) is 6.54 Å². The van der Waals surface area contributed by atoms with Crippen LogP contribution in [0.1, 0.15) is 35.7 Å². The molecule has 0 unspecified atom stereocenters. The van der Waals surface area contributed by atoms with Crippen LogP contribution in [0.3, 0.4) is 0 Å². The molecule has 5 nitrogen and oxygen atoms in total. The predicted molar refractivity (Wildman–Crippen MR) is 72.2 cm³/mol. The minimum Gasteiger partial charge on any atom is -0.351 e. The molecule has 1 aliphatic rings. The summed E-state index contributed by atoms with van der Waals surface area (Å²) in [6.07, 6.45) is 2.23. The van der Waals surface area contributed by atoms with Gasteiger partial charge >= 0.3 is 0 Å². The number of carbonyl (C=O) groups is 1. The second kappa shape index (κ2) is 4.61. The average Bonchev–Trinajstić information content (AvgIpc) is 3.04. The summed E-state index contributed by atoms with van der Waals surface area (Å²) in [6.45, 7) is 4.49. The van der Waals surface area contributed by atoms with Gasteiger partial charge in [-0.3, -0.25) is 4.79 Å². The van der Waals surface area contributed by atoms with E-state index in [4.69, 9.17) is 5.14 Å². The van der Waals surface area contributed by atoms with Crippen molar-refractivity contribution in [3.63, 3.8) is 0 Å². The molecule has 3 N–H and O–H groups in total. The van der Waals surface area contributed by atoms with Crippen LogP contribution in [0.25, 0.3) is 0 Å². The van der Waals surface area contributed by atoms with Crippen molar-refractivity contribution in [3.8, 4) is 0 Å². The van der Waals surface area contributed by atoms with E-state index >= 15 is 0 Å². The lowest BCUT2D eigenvalue weighted by molar-refractivity contribution is 0.0945. The summed E-state index contributed by atoms with van der Waals surface area (Å²) in [4.78, 5) is 12.0. The molecule has 1 amide bonds. The van der Waals surface area contributed by atoms with E-state index in [0.717, 1.165) is 18.4 Å². The first-order valence-corrected chi connectivity index (χ1v) is 7.68. The molecular formula is C13H18N2O3S. The van der Waals surface area contributed by atoms with Crippen molar-refractivity contribution in [1.29, 1.82) is 0 Å². The van der Waals surface area contributed by atoms with Crippen LogP contribution in [0, 0.1) is 12.3 Å². The SMILES string of the molecule is Cc1ccc(S(N)(=O)=O)cc1C(=O)NCC1(C)CC1. The monoisotopic (exact) mass is 282 g/mol. The molecule has 0 aliphatic heterocycles. The Hall–Kier alpha value is -1.40. The number of hydrogen-bond donors (Lipinski definition) is 2. The summed E-state index contributed by atoms with van der Waals surface area (Å²) in [7, 11) is -3.79. The molecule has 0 saturated heterocycles. The van der Waals surface area contributed by atoms with Gasteiger partial charge in [-0.2, -0.15) is 0 Å². The van der Waals surface area contributed by atoms with Crippen molar-refractivity contribution in [1.82, 2.24) is 5.32 Å². The molecule has 1 saturated carbocycles. The first kappa shape index (κ1) is 14.0. The highest BCUT2D eigenvalue weighted by Gasteiger charge is 2.37. The Bertz CT molecular complexity index is 619. The van der Waals surface area contributed by atoms with Gasteiger partial charge in [0.05, 0.1) is 4.90 Å². The molecule has 0 heterocycles. The van der Waals surface area contributed by atoms with Gasteiger partial charge in [-0.15, -0.1) is 0 Å². The van der Waals surface area contributed by atoms with Crippen LogP contribution in [-0.4, -0.2) is 20.9 Å². The summed E-state index contributed by atoms with van der Waals surface area (Å²) in [5.41, 5.74) is 1.29. The van der Waals surface area contributed by atoms with Crippen molar-refractivity contribution >= 4 is 15.9 Å². The number of benzene rings is 1. The molecule has 1 aliphatic carbocycles. The van der Waals surface area contributed by atoms with Crippen LogP contribution in [0.5, 0.6) is 0 Å². The lowest BCUT2D eigenvalue weighted by Crippen LogP contribution is -2.29. The zero-order chi connectivity index (χ0) is 14.3. The number of primary sulfonamides is 1. The van der Waals surface area contributed by atoms with Crippen molar-refractivity contribution in [2.45, 2.75) is 31.6 Å². The van der Waals surface area contributed by atoms with Crippen LogP contribution in [0.15, 0.2) is 23.1 Å². The highest BCUT2D eigenvalue weighted by molar-refractivity contribution is 7.89. The summed E-state index contributed by atoms with van der Waals surface area (Å²) < 4.78 is 22.6. The standard InChI is InChI=1S/C13H18N2O3S/c1-9-3-4-10(19(14,17)18)7-11(9)12(16)15-8-13(2)5-6-13/h3-4,7H,5-6,8H2,1-2H3,(H,15,16)(H2,14,17,18). The molecule has 19 heavy (non-hydrogen) atoms. The molecule has 2 rings (SSSR count). The first-order valence-electron chi connectivity index (χ1n) is 6.13. The van der Waals surface area contributed by atoms with E-state index in [1.807, 2.05) is 0 Å². The Morgan fingerprint density at radius 3 is 2.58 bits per heavy atom. The maximum Gasteiger partial charge on any atom is 0.251 e. The lowest BCUT2D eigenvalue weighted by Gasteiger charge is -2.12. The molecule has 0 aromatic heterocycles. The summed E-state index contributed by atoms with van der Waals surface area (Å²) >= 11 is 0. The normalized spacial score (nSPS) is 17.0. The topological polar surface area (TPSA) is 89.3 Å². The maximum absolute atomic E-state index is 12.1. The average molecular weight is 282 g/mol. The van der Waals surface area contributed by atoms with E-state index in [1.165, 1.54) is 12.1 Å². The molecule has 104 valence electrons. The van der Waals surface area contributed by atoms with Crippen molar-refractivity contribution in [2.24, 2.45) is 10.6 Å². The van der Waals surface area contributed by atoms with Crippen LogP contribution in [-0.2, 0) is 10.0 Å². The summed E-state index contributed by atoms with van der Waals surface area (Å²) in [5.74, 6) is -0.254. The molecule has 0 bridgehead atoms. The fourth-order valence-electron chi connectivity index (χ4n) is 1.80. The third-order valence-electron chi connectivity index (χ3n) is 3.56. The minimum atomic E-state index is -3.79. The second-order valence-corrected chi connectivity index (χ2v) is 7.08. The molecule has 0 spiro atoms. The molecule has 0 atom stereocenters. The zero-order valence-corrected chi connectivity index (χ0v) is 11.9. The Labute approximate surface area is 113 Å². The quantitative estimate of drug-likeness (QED) is 0.868. The predicted octanol–water partition coefficient (Wildman–Crippen LogP) is 1.17. The number of aryl methyl sites for hydroxylation is 1. The first-order chi connectivity index (χ1) is 8.71. The van der Waals surface area contributed by atoms with Crippen molar-refractivity contribution in [3.05, 3.63) is 29.3 Å². The summed E-state index contributed by atoms with van der Waals surface area (Å²) in [6, 6.07) is 4.33. The van der Waals surface area contributed by atoms with E-state index in [1.54, 1.807) is 13.0 Å². The Morgan fingerprint density at radius 1 is 1.42 bits per heavy atom. The van der Waals surface area contributed by atoms with Gasteiger partial charge in [-0.1, -0.05) is 13.0 Å². The van der Waals surface area contributed by atoms with Gasteiger partial charge in [0.1, 0.15) is 0 Å². The number of sulfonamides is 1. The maximum atomic E-state index is 12.1. The zero-order valence-electron chi connectivity index (χ0n) is 11.1. The van der Waals surface area contributed by atoms with Crippen LogP contribution < -0.4 is 10.5 Å². The van der Waals surface area contributed by atoms with Gasteiger partial charge in [-0.05, 0) is 42.9 Å². The summed E-state index contributed by atoms with van der Waals surface area (Å²) in [5, 5.41) is 7.92. The van der Waals surface area contributed by atoms with E-state index < -0.39 is 10.0 Å². The second-order valence-electron chi connectivity index (χ2n) is 5.52. The van der Waals surface area contributed by atoms with E-state index in [9.17, 15) is 13.2 Å². The largest absolute Gasteiger partial charge is 0.351 e. The van der Waals surface area contributed by atoms with Crippen LogP contribution in [0.4, 0.5) is 0 Å². The van der Waals surface area contributed by atoms with Crippen molar-refractivity contribution < 1.29 is 13.2 Å². The fourth-order valence-corrected chi connectivity index (χ4v) is 2.34. The molecule has 1 aromatic carbocycles. The lowest BCUT2D eigenvalue weighted by atomic mass is 10.1. The Morgan fingerprint density at radius 2 is 2.05 bits per heavy atom. The molecule has 1 aromatic rings. The smallest absolute Gasteiger partial charge is 0.251 e. The molecular weight excluding hydrogens is 264 g/mol. The van der Waals surface area contributed by atoms with E-state index in [2.05, 4.69) is 12.2 Å². The molecule has 1 fully saturated rings. The molecule has 6 heteroatoms. The number of nitrogens with two attached hydrogens (primary N) is 1. The Kier molecular flexibility index (Phi) is 3.40. The van der Waals surface area contributed by atoms with Gasteiger partial charge < -0.3 is 5.32 Å². The Balaban J connectivity index is 2.20. The van der Waals surface area contributed by atoms with Gasteiger partial charge in [0.15, 0.2) is 0 Å². The number of nitrogens with one attached hydrogen (secondary N) is 1. The minimum absolute atomic E-state index is 0.0408. The van der Waals surface area contributed by atoms with Crippen LogP contribution in [0.2, 0.25) is 0 Å². The van der Waals surface area contributed by atoms with Gasteiger partial charge in [0.25, 0.3) is 5.91 Å². The van der Waals surface area contributed by atoms with Crippen LogP contribution >= 0.6 is 0 Å². The molecule has 0 radical (unpaired) electrons. The van der Waals surface area contributed by atoms with E-state index in [-0.39, 0.29) is 16.2 Å². The van der Waals surface area contributed by atoms with Gasteiger partial charge in [0, 0.05) is 12.1 Å². The number of carbonyl (C=O) groups excluding carboxylic acids is 1. The highest BCUT2D eigenvalue weighted by Crippen LogP contribution is 2.44. The number of rotatable bonds is 4. The van der Waals surface area contributed by atoms with Gasteiger partial charge in [0.2, 0.25) is 10.0 Å². The van der Waals surface area contributed by atoms with Gasteiger partial charge in [-0.25, -0.2) is 13.6 Å². The number of hydrogen-bond acceptors (Lipinski definition) is 3. The third kappa shape index (κ3) is 3.33. The van der Waals surface area contributed by atoms with E-state index in [0.29, 0.717) is 12.1 Å². The fraction of sp³-hybridized carbons (Fsp3) is 0.462. The third-order valence-corrected chi connectivity index (χ3v) is 4.47. The highest BCUT2D eigenvalue weighted by atomic mass is 32.2.